The van der Waals surface area contributed by atoms with Crippen LogP contribution in [-0.4, -0.2) is 22.0 Å². The quantitative estimate of drug-likeness (QED) is 0.250. The van der Waals surface area contributed by atoms with Gasteiger partial charge in [0.05, 0.1) is 5.52 Å². The van der Waals surface area contributed by atoms with E-state index in [9.17, 15) is 0 Å². The monoisotopic (exact) mass is 632 g/mol. The predicted octanol–water partition coefficient (Wildman–Crippen LogP) is 7.43. The van der Waals surface area contributed by atoms with Gasteiger partial charge in [0.1, 0.15) is 0 Å². The minimum atomic E-state index is 0. The van der Waals surface area contributed by atoms with Crippen molar-refractivity contribution in [1.82, 2.24) is 4.98 Å². The molecular formula is C25H42ClN2O2Pt-3. The van der Waals surface area contributed by atoms with Gasteiger partial charge in [-0.25, -0.2) is 0 Å². The van der Waals surface area contributed by atoms with Gasteiger partial charge < -0.3 is 31.5 Å². The fourth-order valence-corrected chi connectivity index (χ4v) is 3.16. The molecule has 0 amide bonds. The Bertz CT molecular complexity index is 718. The van der Waals surface area contributed by atoms with Gasteiger partial charge in [-0.1, -0.05) is 94.8 Å². The fraction of sp³-hybridized carbons (Fsp3) is 0.400. The number of pyridine rings is 1. The predicted molar refractivity (Wildman–Crippen MR) is 138 cm³/mol. The van der Waals surface area contributed by atoms with Crippen LogP contribution in [0.3, 0.4) is 0 Å². The van der Waals surface area contributed by atoms with Crippen LogP contribution in [0.1, 0.15) is 63.5 Å². The van der Waals surface area contributed by atoms with Crippen LogP contribution in [-0.2, 0) is 21.1 Å². The van der Waals surface area contributed by atoms with Gasteiger partial charge in [-0.15, -0.1) is 6.04 Å². The number of aromatic nitrogens is 1. The van der Waals surface area contributed by atoms with E-state index < -0.39 is 0 Å². The molecule has 3 rings (SSSR count). The Morgan fingerprint density at radius 1 is 1.16 bits per heavy atom. The first kappa shape index (κ1) is 40.3. The van der Waals surface area contributed by atoms with Gasteiger partial charge in [-0.3, -0.25) is 4.98 Å². The summed E-state index contributed by atoms with van der Waals surface area (Å²) in [6, 6.07) is 6.16. The van der Waals surface area contributed by atoms with E-state index in [0.717, 1.165) is 39.9 Å². The van der Waals surface area contributed by atoms with Crippen molar-refractivity contribution in [3.05, 3.63) is 79.9 Å². The van der Waals surface area contributed by atoms with Gasteiger partial charge in [0, 0.05) is 37.7 Å². The molecule has 1 aliphatic carbocycles. The standard InChI is InChI=1S/C14H12ClN.C6H12N.C3H8.2CH3.2H2O.Pt/c1-3-4-7-12-10(2)14-11(9-13(12)15)6-5-8-16-14;7-6-4-2-1-3-5-6;1-3-2;;;;;/h3-9H,1H2,2H3;6-7H,1-5H2;3H2,1-2H3;2*1H3;2*1H2;/q;-1;;2*-1;;;/b7-4-;;;;;;;. The zero-order chi connectivity index (χ0) is 19.4. The summed E-state index contributed by atoms with van der Waals surface area (Å²) in [6.07, 6.45) is 14.9. The Labute approximate surface area is 210 Å². The zero-order valence-corrected chi connectivity index (χ0v) is 22.7. The molecule has 0 bridgehead atoms. The molecule has 0 saturated heterocycles. The first-order chi connectivity index (χ1) is 12.5. The van der Waals surface area contributed by atoms with Crippen molar-refractivity contribution in [3.63, 3.8) is 0 Å². The summed E-state index contributed by atoms with van der Waals surface area (Å²) < 4.78 is 0. The molecule has 0 atom stereocenters. The molecule has 31 heavy (non-hydrogen) atoms. The molecule has 0 aliphatic heterocycles. The van der Waals surface area contributed by atoms with Gasteiger partial charge in [-0.2, -0.15) is 0 Å². The van der Waals surface area contributed by atoms with Gasteiger partial charge in [0.25, 0.3) is 0 Å². The number of nitrogens with one attached hydrogen (secondary N) is 1. The average molecular weight is 633 g/mol. The van der Waals surface area contributed by atoms with Crippen LogP contribution in [0.4, 0.5) is 0 Å². The van der Waals surface area contributed by atoms with Gasteiger partial charge in [-0.05, 0) is 30.2 Å². The molecule has 6 heteroatoms. The third kappa shape index (κ3) is 14.6. The van der Waals surface area contributed by atoms with E-state index in [-0.39, 0.29) is 52.9 Å². The summed E-state index contributed by atoms with van der Waals surface area (Å²) in [6.45, 7) is 9.93. The van der Waals surface area contributed by atoms with Crippen molar-refractivity contribution in [3.8, 4) is 0 Å². The molecule has 1 saturated carbocycles. The summed E-state index contributed by atoms with van der Waals surface area (Å²) in [4.78, 5) is 4.37. The normalized spacial score (nSPS) is 12.0. The third-order valence-corrected chi connectivity index (χ3v) is 4.45. The number of aryl methyl sites for hydroxylation is 1. The van der Waals surface area contributed by atoms with Crippen molar-refractivity contribution < 1.29 is 32.0 Å². The molecule has 0 spiro atoms. The van der Waals surface area contributed by atoms with E-state index in [1.807, 2.05) is 37.3 Å². The second-order valence-electron chi connectivity index (χ2n) is 6.61. The molecule has 5 N–H and O–H groups in total. The molecule has 1 aliphatic rings. The smallest absolute Gasteiger partial charge is 0.0738 e. The van der Waals surface area contributed by atoms with E-state index in [0.29, 0.717) is 0 Å². The maximum atomic E-state index is 7.27. The minimum absolute atomic E-state index is 0. The number of fused-ring (bicyclic) bond motifs is 1. The second kappa shape index (κ2) is 23.6. The maximum absolute atomic E-state index is 7.27. The molecule has 1 heterocycles. The molecule has 1 fully saturated rings. The minimum Gasteiger partial charge on any atom is -0.675 e. The van der Waals surface area contributed by atoms with E-state index in [2.05, 4.69) is 25.4 Å². The Balaban J connectivity index is -0.000000130. The number of rotatable bonds is 2. The van der Waals surface area contributed by atoms with Crippen LogP contribution in [0.2, 0.25) is 5.02 Å². The average Bonchev–Trinajstić information content (AvgIpc) is 2.63. The summed E-state index contributed by atoms with van der Waals surface area (Å²) in [5.41, 5.74) is 10.4. The number of halogens is 1. The Hall–Kier alpha value is -1.03. The van der Waals surface area contributed by atoms with Gasteiger partial charge >= 0.3 is 0 Å². The molecule has 2 aromatic rings. The molecule has 0 radical (unpaired) electrons. The van der Waals surface area contributed by atoms with Crippen molar-refractivity contribution in [2.24, 2.45) is 0 Å². The van der Waals surface area contributed by atoms with Crippen molar-refractivity contribution in [2.45, 2.75) is 65.3 Å². The van der Waals surface area contributed by atoms with Gasteiger partial charge in [0.2, 0.25) is 0 Å². The molecule has 184 valence electrons. The summed E-state index contributed by atoms with van der Waals surface area (Å²) >= 11 is 6.23. The van der Waals surface area contributed by atoms with E-state index >= 15 is 0 Å². The number of hydrogen-bond acceptors (Lipinski definition) is 1. The van der Waals surface area contributed by atoms with Crippen LogP contribution < -0.4 is 0 Å². The molecular weight excluding hydrogens is 591 g/mol. The van der Waals surface area contributed by atoms with Crippen molar-refractivity contribution in [1.29, 1.82) is 0 Å². The van der Waals surface area contributed by atoms with Crippen molar-refractivity contribution in [2.75, 3.05) is 0 Å². The summed E-state index contributed by atoms with van der Waals surface area (Å²) in [5.74, 6) is 0. The fourth-order valence-electron chi connectivity index (χ4n) is 2.84. The Morgan fingerprint density at radius 3 is 2.16 bits per heavy atom. The Morgan fingerprint density at radius 2 is 1.71 bits per heavy atom. The molecule has 1 aromatic heterocycles. The maximum Gasteiger partial charge on any atom is 0.0738 e. The molecule has 1 aromatic carbocycles. The van der Waals surface area contributed by atoms with Crippen LogP contribution in [0, 0.1) is 21.8 Å². The van der Waals surface area contributed by atoms with Crippen LogP contribution in [0.5, 0.6) is 0 Å². The number of nitrogens with zero attached hydrogens (tertiary/aromatic N) is 1. The summed E-state index contributed by atoms with van der Waals surface area (Å²) in [5, 5.41) is 1.82. The second-order valence-corrected chi connectivity index (χ2v) is 7.02. The third-order valence-electron chi connectivity index (χ3n) is 4.14. The van der Waals surface area contributed by atoms with E-state index in [1.165, 1.54) is 25.7 Å². The topological polar surface area (TPSA) is 99.7 Å². The van der Waals surface area contributed by atoms with E-state index in [4.69, 9.17) is 17.3 Å². The largest absolute Gasteiger partial charge is 0.675 e. The van der Waals surface area contributed by atoms with E-state index in [1.54, 1.807) is 12.3 Å². The van der Waals surface area contributed by atoms with Crippen molar-refractivity contribution >= 4 is 28.6 Å². The first-order valence-electron chi connectivity index (χ1n) is 9.59. The van der Waals surface area contributed by atoms with Crippen LogP contribution >= 0.6 is 11.6 Å². The number of hydrogen-bond donors (Lipinski definition) is 0. The van der Waals surface area contributed by atoms with Crippen LogP contribution in [0.15, 0.2) is 43.1 Å². The molecule has 0 unspecified atom stereocenters. The zero-order valence-electron chi connectivity index (χ0n) is 19.7. The van der Waals surface area contributed by atoms with Crippen LogP contribution in [0.25, 0.3) is 22.7 Å². The Kier molecular flexibility index (Phi) is 30.7. The van der Waals surface area contributed by atoms with Gasteiger partial charge in [0.15, 0.2) is 0 Å². The first-order valence-corrected chi connectivity index (χ1v) is 9.96. The number of benzene rings is 1. The SMILES string of the molecule is C=C/C=C\c1c(Cl)cc2cccnc2c1C.CCC.O.O.[CH3-].[CH3-].[NH-]C1CCCCC1.[Pt]. The number of allylic oxidation sites excluding steroid dienone is 2. The summed E-state index contributed by atoms with van der Waals surface area (Å²) in [7, 11) is 0. The molecule has 4 nitrogen and oxygen atoms in total.